The van der Waals surface area contributed by atoms with Gasteiger partial charge in [-0.05, 0) is 51.0 Å². The van der Waals surface area contributed by atoms with Gasteiger partial charge in [-0.25, -0.2) is 4.98 Å². The zero-order valence-electron chi connectivity index (χ0n) is 15.3. The van der Waals surface area contributed by atoms with Crippen LogP contribution in [0.1, 0.15) is 60.5 Å². The first-order valence-corrected chi connectivity index (χ1v) is 9.34. The van der Waals surface area contributed by atoms with Crippen LogP contribution in [0.4, 0.5) is 0 Å². The van der Waals surface area contributed by atoms with Crippen molar-refractivity contribution >= 4 is 16.9 Å². The molecule has 0 unspecified atom stereocenters. The standard InChI is InChI=1S/C21H24N4O/c1-14(2)25-18-8-4-3-7-17(18)24-19(25)11-13-23-21(26)16-6-5-12-22-20(16)15-9-10-15/h3-8,12,14-15H,9-11,13H2,1-2H3,(H,23,26). The number of pyridine rings is 1. The smallest absolute Gasteiger partial charge is 0.253 e. The minimum atomic E-state index is -0.0350. The lowest BCUT2D eigenvalue weighted by Crippen LogP contribution is -2.27. The van der Waals surface area contributed by atoms with Crippen molar-refractivity contribution < 1.29 is 4.79 Å². The summed E-state index contributed by atoms with van der Waals surface area (Å²) in [5.41, 5.74) is 3.81. The average molecular weight is 348 g/mol. The molecule has 4 rings (SSSR count). The molecule has 2 heterocycles. The van der Waals surface area contributed by atoms with Crippen LogP contribution in [0, 0.1) is 0 Å². The lowest BCUT2D eigenvalue weighted by atomic mass is 10.1. The molecule has 0 aliphatic heterocycles. The predicted molar refractivity (Wildman–Crippen MR) is 102 cm³/mol. The third-order valence-corrected chi connectivity index (χ3v) is 4.87. The second-order valence-corrected chi connectivity index (χ2v) is 7.20. The van der Waals surface area contributed by atoms with Gasteiger partial charge in [-0.1, -0.05) is 12.1 Å². The van der Waals surface area contributed by atoms with Gasteiger partial charge in [0.15, 0.2) is 0 Å². The van der Waals surface area contributed by atoms with E-state index in [4.69, 9.17) is 4.98 Å². The van der Waals surface area contributed by atoms with Crippen LogP contribution in [0.15, 0.2) is 42.6 Å². The van der Waals surface area contributed by atoms with Crippen molar-refractivity contribution in [2.45, 2.75) is 45.1 Å². The number of hydrogen-bond donors (Lipinski definition) is 1. The Labute approximate surface area is 153 Å². The van der Waals surface area contributed by atoms with E-state index in [1.807, 2.05) is 30.3 Å². The number of amides is 1. The van der Waals surface area contributed by atoms with Crippen molar-refractivity contribution in [2.24, 2.45) is 0 Å². The van der Waals surface area contributed by atoms with E-state index in [0.29, 0.717) is 30.5 Å². The minimum Gasteiger partial charge on any atom is -0.352 e. The fourth-order valence-electron chi connectivity index (χ4n) is 3.52. The first-order valence-electron chi connectivity index (χ1n) is 9.34. The van der Waals surface area contributed by atoms with Gasteiger partial charge in [-0.2, -0.15) is 0 Å². The van der Waals surface area contributed by atoms with E-state index in [1.165, 1.54) is 0 Å². The molecule has 1 amide bonds. The molecule has 5 nitrogen and oxygen atoms in total. The molecule has 1 aromatic carbocycles. The van der Waals surface area contributed by atoms with Gasteiger partial charge in [-0.15, -0.1) is 0 Å². The van der Waals surface area contributed by atoms with E-state index in [1.54, 1.807) is 6.20 Å². The Kier molecular flexibility index (Phi) is 4.45. The molecule has 0 radical (unpaired) electrons. The maximum absolute atomic E-state index is 12.6. The van der Waals surface area contributed by atoms with Gasteiger partial charge in [0, 0.05) is 31.1 Å². The molecule has 0 spiro atoms. The van der Waals surface area contributed by atoms with E-state index >= 15 is 0 Å². The molecule has 1 fully saturated rings. The lowest BCUT2D eigenvalue weighted by Gasteiger charge is -2.13. The summed E-state index contributed by atoms with van der Waals surface area (Å²) in [4.78, 5) is 21.8. The maximum Gasteiger partial charge on any atom is 0.253 e. The molecule has 5 heteroatoms. The molecule has 0 saturated heterocycles. The fourth-order valence-corrected chi connectivity index (χ4v) is 3.52. The number of para-hydroxylation sites is 2. The zero-order valence-corrected chi connectivity index (χ0v) is 15.3. The number of nitrogens with one attached hydrogen (secondary N) is 1. The summed E-state index contributed by atoms with van der Waals surface area (Å²) in [6.07, 6.45) is 4.75. The molecule has 0 bridgehead atoms. The first kappa shape index (κ1) is 16.8. The van der Waals surface area contributed by atoms with Gasteiger partial charge in [-0.3, -0.25) is 9.78 Å². The monoisotopic (exact) mass is 348 g/mol. The Balaban J connectivity index is 1.48. The quantitative estimate of drug-likeness (QED) is 0.736. The predicted octanol–water partition coefficient (Wildman–Crippen LogP) is 3.86. The fraction of sp³-hybridized carbons (Fsp3) is 0.381. The largest absolute Gasteiger partial charge is 0.352 e. The summed E-state index contributed by atoms with van der Waals surface area (Å²) < 4.78 is 2.25. The van der Waals surface area contributed by atoms with Crippen LogP contribution >= 0.6 is 0 Å². The number of hydrogen-bond acceptors (Lipinski definition) is 3. The van der Waals surface area contributed by atoms with Gasteiger partial charge < -0.3 is 9.88 Å². The summed E-state index contributed by atoms with van der Waals surface area (Å²) in [7, 11) is 0. The van der Waals surface area contributed by atoms with Crippen molar-refractivity contribution in [3.63, 3.8) is 0 Å². The molecule has 26 heavy (non-hydrogen) atoms. The first-order chi connectivity index (χ1) is 12.6. The van der Waals surface area contributed by atoms with Crippen LogP contribution in [0.5, 0.6) is 0 Å². The molecule has 1 aliphatic rings. The maximum atomic E-state index is 12.6. The number of imidazole rings is 1. The van der Waals surface area contributed by atoms with E-state index in [9.17, 15) is 4.79 Å². The zero-order chi connectivity index (χ0) is 18.1. The third-order valence-electron chi connectivity index (χ3n) is 4.87. The molecule has 3 aromatic rings. The number of rotatable bonds is 6. The Bertz CT molecular complexity index is 940. The topological polar surface area (TPSA) is 59.8 Å². The van der Waals surface area contributed by atoms with E-state index in [2.05, 4.69) is 34.8 Å². The molecule has 1 aliphatic carbocycles. The van der Waals surface area contributed by atoms with Crippen molar-refractivity contribution in [3.05, 3.63) is 59.7 Å². The van der Waals surface area contributed by atoms with Crippen molar-refractivity contribution in [2.75, 3.05) is 6.54 Å². The molecule has 134 valence electrons. The molecule has 1 saturated carbocycles. The molecule has 1 N–H and O–H groups in total. The van der Waals surface area contributed by atoms with Crippen molar-refractivity contribution in [1.29, 1.82) is 0 Å². The average Bonchev–Trinajstić information content (AvgIpc) is 3.42. The summed E-state index contributed by atoms with van der Waals surface area (Å²) in [5, 5.41) is 3.05. The number of fused-ring (bicyclic) bond motifs is 1. The van der Waals surface area contributed by atoms with Gasteiger partial charge in [0.25, 0.3) is 5.91 Å². The highest BCUT2D eigenvalue weighted by atomic mass is 16.1. The summed E-state index contributed by atoms with van der Waals surface area (Å²) in [5.74, 6) is 1.43. The molecule has 2 aromatic heterocycles. The minimum absolute atomic E-state index is 0.0350. The van der Waals surface area contributed by atoms with Crippen LogP contribution in [-0.4, -0.2) is 27.0 Å². The van der Waals surface area contributed by atoms with Crippen LogP contribution in [0.25, 0.3) is 11.0 Å². The van der Waals surface area contributed by atoms with Crippen molar-refractivity contribution in [1.82, 2.24) is 19.9 Å². The highest BCUT2D eigenvalue weighted by Crippen LogP contribution is 2.40. The summed E-state index contributed by atoms with van der Waals surface area (Å²) >= 11 is 0. The molecular formula is C21H24N4O. The summed E-state index contributed by atoms with van der Waals surface area (Å²) in [6, 6.07) is 12.2. The molecular weight excluding hydrogens is 324 g/mol. The summed E-state index contributed by atoms with van der Waals surface area (Å²) in [6.45, 7) is 4.88. The Morgan fingerprint density at radius 2 is 2.04 bits per heavy atom. The van der Waals surface area contributed by atoms with E-state index in [0.717, 1.165) is 35.4 Å². The van der Waals surface area contributed by atoms with Crippen LogP contribution in [-0.2, 0) is 6.42 Å². The van der Waals surface area contributed by atoms with Gasteiger partial charge in [0.1, 0.15) is 5.82 Å². The van der Waals surface area contributed by atoms with Crippen molar-refractivity contribution in [3.8, 4) is 0 Å². The number of carbonyl (C=O) groups is 1. The normalized spacial score (nSPS) is 14.1. The van der Waals surface area contributed by atoms with Crippen LogP contribution in [0.2, 0.25) is 0 Å². The van der Waals surface area contributed by atoms with Gasteiger partial charge in [0.2, 0.25) is 0 Å². The highest BCUT2D eigenvalue weighted by Gasteiger charge is 2.29. The van der Waals surface area contributed by atoms with Crippen LogP contribution < -0.4 is 5.32 Å². The Morgan fingerprint density at radius 3 is 2.81 bits per heavy atom. The second-order valence-electron chi connectivity index (χ2n) is 7.20. The number of carbonyl (C=O) groups excluding carboxylic acids is 1. The van der Waals surface area contributed by atoms with E-state index in [-0.39, 0.29) is 5.91 Å². The highest BCUT2D eigenvalue weighted by molar-refractivity contribution is 5.95. The Morgan fingerprint density at radius 1 is 1.23 bits per heavy atom. The van der Waals surface area contributed by atoms with Crippen LogP contribution in [0.3, 0.4) is 0 Å². The third kappa shape index (κ3) is 3.21. The number of benzene rings is 1. The Hall–Kier alpha value is -2.69. The lowest BCUT2D eigenvalue weighted by molar-refractivity contribution is 0.0952. The van der Waals surface area contributed by atoms with Gasteiger partial charge >= 0.3 is 0 Å². The van der Waals surface area contributed by atoms with Gasteiger partial charge in [0.05, 0.1) is 22.3 Å². The number of aromatic nitrogens is 3. The second kappa shape index (κ2) is 6.90. The SMILES string of the molecule is CC(C)n1c(CCNC(=O)c2cccnc2C2CC2)nc2ccccc21. The number of nitrogens with zero attached hydrogens (tertiary/aromatic N) is 3. The molecule has 0 atom stereocenters. The van der Waals surface area contributed by atoms with E-state index < -0.39 is 0 Å².